The first kappa shape index (κ1) is 12.8. The molecule has 1 aromatic carbocycles. The van der Waals surface area contributed by atoms with Gasteiger partial charge in [-0.1, -0.05) is 0 Å². The average molecular weight is 265 g/mol. The van der Waals surface area contributed by atoms with Crippen LogP contribution in [0.3, 0.4) is 0 Å². The minimum Gasteiger partial charge on any atom is -0.468 e. The van der Waals surface area contributed by atoms with Crippen molar-refractivity contribution in [2.75, 3.05) is 12.9 Å². The molecule has 0 unspecified atom stereocenters. The number of hydrogen-bond donors (Lipinski definition) is 0. The minimum absolute atomic E-state index is 0.200. The number of thioether (sulfide) groups is 1. The lowest BCUT2D eigenvalue weighted by molar-refractivity contribution is -0.137. The molecule has 0 saturated heterocycles. The number of hydrogen-bond acceptors (Lipinski definition) is 4. The highest BCUT2D eigenvalue weighted by Gasteiger charge is 2.08. The Bertz CT molecular complexity index is 601. The molecule has 3 nitrogen and oxygen atoms in total. The van der Waals surface area contributed by atoms with Gasteiger partial charge < -0.3 is 4.74 Å². The molecular weight excluding hydrogens is 253 g/mol. The van der Waals surface area contributed by atoms with Gasteiger partial charge in [0.15, 0.2) is 0 Å². The molecule has 0 saturated carbocycles. The van der Waals surface area contributed by atoms with Crippen LogP contribution in [-0.2, 0) is 9.53 Å². The number of methoxy groups -OCH3 is 1. The molecule has 0 aliphatic heterocycles. The van der Waals surface area contributed by atoms with Gasteiger partial charge in [-0.3, -0.25) is 9.78 Å². The number of nitrogens with zero attached hydrogens (tertiary/aromatic N) is 1. The first-order valence-electron chi connectivity index (χ1n) is 5.36. The highest BCUT2D eigenvalue weighted by Crippen LogP contribution is 2.28. The number of aromatic nitrogens is 1. The predicted octanol–water partition coefficient (Wildman–Crippen LogP) is 2.95. The second-order valence-corrected chi connectivity index (χ2v) is 4.81. The van der Waals surface area contributed by atoms with Crippen molar-refractivity contribution in [3.05, 3.63) is 35.8 Å². The largest absolute Gasteiger partial charge is 0.468 e. The molecule has 0 radical (unpaired) electrons. The Balaban J connectivity index is 2.41. The normalized spacial score (nSPS) is 10.6. The lowest BCUT2D eigenvalue weighted by Crippen LogP contribution is -2.03. The number of pyridine rings is 1. The monoisotopic (exact) mass is 265 g/mol. The van der Waals surface area contributed by atoms with Gasteiger partial charge in [0, 0.05) is 16.0 Å². The molecule has 0 amide bonds. The topological polar surface area (TPSA) is 39.2 Å². The van der Waals surface area contributed by atoms with E-state index in [2.05, 4.69) is 9.72 Å². The Morgan fingerprint density at radius 2 is 2.22 bits per heavy atom. The van der Waals surface area contributed by atoms with Gasteiger partial charge in [-0.25, -0.2) is 4.39 Å². The zero-order valence-corrected chi connectivity index (χ0v) is 10.9. The highest BCUT2D eigenvalue weighted by atomic mass is 32.2. The van der Waals surface area contributed by atoms with Crippen molar-refractivity contribution in [1.82, 2.24) is 4.98 Å². The standard InChI is InChI=1S/C13H12FNO2S/c1-8-5-12(18-7-13(16)17-2)10-6-9(14)3-4-11(10)15-8/h3-6H,7H2,1-2H3. The van der Waals surface area contributed by atoms with Crippen molar-refractivity contribution in [3.8, 4) is 0 Å². The van der Waals surface area contributed by atoms with E-state index in [1.165, 1.54) is 31.0 Å². The first-order chi connectivity index (χ1) is 8.60. The number of benzene rings is 1. The Hall–Kier alpha value is -1.62. The summed E-state index contributed by atoms with van der Waals surface area (Å²) in [5, 5.41) is 0.717. The van der Waals surface area contributed by atoms with E-state index in [1.807, 2.05) is 13.0 Å². The molecule has 2 aromatic rings. The fourth-order valence-corrected chi connectivity index (χ4v) is 2.57. The van der Waals surface area contributed by atoms with Crippen LogP contribution in [0, 0.1) is 12.7 Å². The summed E-state index contributed by atoms with van der Waals surface area (Å²) in [5.41, 5.74) is 1.56. The SMILES string of the molecule is COC(=O)CSc1cc(C)nc2ccc(F)cc12. The third kappa shape index (κ3) is 2.79. The van der Waals surface area contributed by atoms with Gasteiger partial charge >= 0.3 is 5.97 Å². The summed E-state index contributed by atoms with van der Waals surface area (Å²) >= 11 is 1.32. The molecule has 0 atom stereocenters. The summed E-state index contributed by atoms with van der Waals surface area (Å²) in [5.74, 6) is -0.418. The zero-order chi connectivity index (χ0) is 13.1. The summed E-state index contributed by atoms with van der Waals surface area (Å²) in [4.78, 5) is 16.3. The van der Waals surface area contributed by atoms with E-state index in [0.29, 0.717) is 0 Å². The van der Waals surface area contributed by atoms with Gasteiger partial charge in [0.2, 0.25) is 0 Å². The summed E-state index contributed by atoms with van der Waals surface area (Å²) < 4.78 is 17.8. The number of halogens is 1. The van der Waals surface area contributed by atoms with Gasteiger partial charge in [-0.15, -0.1) is 11.8 Å². The molecular formula is C13H12FNO2S. The van der Waals surface area contributed by atoms with Gasteiger partial charge in [-0.2, -0.15) is 0 Å². The third-order valence-electron chi connectivity index (χ3n) is 2.43. The fourth-order valence-electron chi connectivity index (χ4n) is 1.61. The second kappa shape index (κ2) is 5.35. The molecule has 5 heteroatoms. The number of carbonyl (C=O) groups excluding carboxylic acids is 1. The van der Waals surface area contributed by atoms with Crippen molar-refractivity contribution in [2.45, 2.75) is 11.8 Å². The number of fused-ring (bicyclic) bond motifs is 1. The fraction of sp³-hybridized carbons (Fsp3) is 0.231. The number of carbonyl (C=O) groups is 1. The highest BCUT2D eigenvalue weighted by molar-refractivity contribution is 8.00. The van der Waals surface area contributed by atoms with Crippen molar-refractivity contribution in [2.24, 2.45) is 0 Å². The lowest BCUT2D eigenvalue weighted by Gasteiger charge is -2.07. The Morgan fingerprint density at radius 1 is 1.44 bits per heavy atom. The van der Waals surface area contributed by atoms with E-state index in [9.17, 15) is 9.18 Å². The van der Waals surface area contributed by atoms with Crippen LogP contribution in [0.2, 0.25) is 0 Å². The maximum Gasteiger partial charge on any atom is 0.315 e. The molecule has 2 rings (SSSR count). The minimum atomic E-state index is -0.312. The van der Waals surface area contributed by atoms with Gasteiger partial charge in [0.05, 0.1) is 18.4 Å². The quantitative estimate of drug-likeness (QED) is 0.632. The number of esters is 1. The van der Waals surface area contributed by atoms with Crippen LogP contribution in [-0.4, -0.2) is 23.8 Å². The van der Waals surface area contributed by atoms with Crippen molar-refractivity contribution in [1.29, 1.82) is 0 Å². The molecule has 1 heterocycles. The summed E-state index contributed by atoms with van der Waals surface area (Å²) in [6.45, 7) is 1.87. The van der Waals surface area contributed by atoms with E-state index in [4.69, 9.17) is 0 Å². The van der Waals surface area contributed by atoms with Crippen LogP contribution in [0.25, 0.3) is 10.9 Å². The first-order valence-corrected chi connectivity index (χ1v) is 6.35. The summed E-state index contributed by atoms with van der Waals surface area (Å²) in [6, 6.07) is 6.29. The average Bonchev–Trinajstić information content (AvgIpc) is 2.36. The van der Waals surface area contributed by atoms with Crippen molar-refractivity contribution >= 4 is 28.6 Å². The summed E-state index contributed by atoms with van der Waals surface area (Å²) in [7, 11) is 1.35. The van der Waals surface area contributed by atoms with Crippen LogP contribution in [0.5, 0.6) is 0 Å². The molecule has 0 aliphatic rings. The van der Waals surface area contributed by atoms with E-state index in [0.717, 1.165) is 21.5 Å². The number of rotatable bonds is 3. The predicted molar refractivity (Wildman–Crippen MR) is 69.2 cm³/mol. The summed E-state index contributed by atoms with van der Waals surface area (Å²) in [6.07, 6.45) is 0. The number of aryl methyl sites for hydroxylation is 1. The zero-order valence-electron chi connectivity index (χ0n) is 10.1. The van der Waals surface area contributed by atoms with Gasteiger partial charge in [0.1, 0.15) is 5.82 Å². The molecule has 18 heavy (non-hydrogen) atoms. The maximum absolute atomic E-state index is 13.3. The smallest absolute Gasteiger partial charge is 0.315 e. The molecule has 0 spiro atoms. The van der Waals surface area contributed by atoms with Crippen LogP contribution in [0.4, 0.5) is 4.39 Å². The molecule has 0 N–H and O–H groups in total. The van der Waals surface area contributed by atoms with Crippen LogP contribution in [0.1, 0.15) is 5.69 Å². The Morgan fingerprint density at radius 3 is 2.94 bits per heavy atom. The number of ether oxygens (including phenoxy) is 1. The van der Waals surface area contributed by atoms with Crippen LogP contribution >= 0.6 is 11.8 Å². The van der Waals surface area contributed by atoms with E-state index < -0.39 is 0 Å². The van der Waals surface area contributed by atoms with E-state index in [1.54, 1.807) is 6.07 Å². The van der Waals surface area contributed by atoms with Crippen molar-refractivity contribution in [3.63, 3.8) is 0 Å². The van der Waals surface area contributed by atoms with Crippen molar-refractivity contribution < 1.29 is 13.9 Å². The molecule has 94 valence electrons. The molecule has 0 bridgehead atoms. The Kier molecular flexibility index (Phi) is 3.81. The van der Waals surface area contributed by atoms with Gasteiger partial charge in [0.25, 0.3) is 0 Å². The third-order valence-corrected chi connectivity index (χ3v) is 3.46. The van der Waals surface area contributed by atoms with E-state index in [-0.39, 0.29) is 17.5 Å². The lowest BCUT2D eigenvalue weighted by atomic mass is 10.2. The van der Waals surface area contributed by atoms with Gasteiger partial charge in [-0.05, 0) is 31.2 Å². The van der Waals surface area contributed by atoms with Crippen LogP contribution in [0.15, 0.2) is 29.2 Å². The molecule has 1 aromatic heterocycles. The molecule has 0 fully saturated rings. The molecule has 0 aliphatic carbocycles. The van der Waals surface area contributed by atoms with Crippen LogP contribution < -0.4 is 0 Å². The van der Waals surface area contributed by atoms with E-state index >= 15 is 0 Å². The Labute approximate surface area is 108 Å². The second-order valence-electron chi connectivity index (χ2n) is 3.79. The maximum atomic E-state index is 13.3.